The van der Waals surface area contributed by atoms with E-state index >= 15 is 0 Å². The molecule has 4 aromatic rings. The molecule has 2 saturated heterocycles. The summed E-state index contributed by atoms with van der Waals surface area (Å²) in [7, 11) is 0. The molecule has 2 unspecified atom stereocenters. The second-order valence-electron chi connectivity index (χ2n) is 7.96. The highest BCUT2D eigenvalue weighted by molar-refractivity contribution is 7.18. The number of nitrogens with two attached hydrogens (primary N) is 1. The summed E-state index contributed by atoms with van der Waals surface area (Å²) in [5.74, 6) is 0.848. The number of carbonyl (C=O) groups excluding carboxylic acids is 1. The van der Waals surface area contributed by atoms with Crippen LogP contribution in [0.2, 0.25) is 0 Å². The van der Waals surface area contributed by atoms with Crippen LogP contribution in [0, 0.1) is 0 Å². The second kappa shape index (κ2) is 7.02. The van der Waals surface area contributed by atoms with Crippen LogP contribution in [0.3, 0.4) is 0 Å². The topological polar surface area (TPSA) is 88.2 Å². The van der Waals surface area contributed by atoms with Crippen molar-refractivity contribution in [2.75, 3.05) is 23.7 Å². The average Bonchev–Trinajstić information content (AvgIpc) is 3.54. The third kappa shape index (κ3) is 2.94. The summed E-state index contributed by atoms with van der Waals surface area (Å²) in [6.07, 6.45) is 2.69. The normalized spacial score (nSPS) is 20.0. The number of pyridine rings is 1. The largest absolute Gasteiger partial charge is 0.382 e. The number of amides is 1. The molecule has 7 nitrogen and oxygen atoms in total. The molecular weight excluding hydrogens is 408 g/mol. The fourth-order valence-corrected chi connectivity index (χ4v) is 5.59. The third-order valence-electron chi connectivity index (χ3n) is 6.16. The smallest absolute Gasteiger partial charge is 0.257 e. The number of fused-ring (bicyclic) bond motifs is 3. The number of thiophene rings is 1. The van der Waals surface area contributed by atoms with E-state index in [9.17, 15) is 4.79 Å². The molecule has 0 radical (unpaired) electrons. The van der Waals surface area contributed by atoms with Crippen molar-refractivity contribution in [3.63, 3.8) is 0 Å². The Morgan fingerprint density at radius 3 is 2.61 bits per heavy atom. The van der Waals surface area contributed by atoms with Crippen molar-refractivity contribution >= 4 is 39.0 Å². The molecule has 0 spiro atoms. The SMILES string of the molecule is Nc1nc(-c2ccccn2)nc2c(C(=O)N3CC4CC3CN4c3ccccc3)csc12. The van der Waals surface area contributed by atoms with Crippen LogP contribution in [0.1, 0.15) is 16.8 Å². The lowest BCUT2D eigenvalue weighted by Gasteiger charge is -2.35. The van der Waals surface area contributed by atoms with Gasteiger partial charge in [0, 0.05) is 36.4 Å². The minimum atomic E-state index is 0.0246. The summed E-state index contributed by atoms with van der Waals surface area (Å²) in [6, 6.07) is 16.5. The quantitative estimate of drug-likeness (QED) is 0.538. The molecule has 0 saturated carbocycles. The van der Waals surface area contributed by atoms with Crippen molar-refractivity contribution in [1.29, 1.82) is 0 Å². The lowest BCUT2D eigenvalue weighted by Crippen LogP contribution is -2.48. The first kappa shape index (κ1) is 18.3. The predicted octanol–water partition coefficient (Wildman–Crippen LogP) is 3.44. The molecule has 2 aliphatic heterocycles. The number of piperazine rings is 1. The van der Waals surface area contributed by atoms with Gasteiger partial charge in [0.15, 0.2) is 5.82 Å². The van der Waals surface area contributed by atoms with Gasteiger partial charge in [-0.1, -0.05) is 24.3 Å². The Hall–Kier alpha value is -3.52. The minimum Gasteiger partial charge on any atom is -0.382 e. The molecule has 6 rings (SSSR count). The van der Waals surface area contributed by atoms with E-state index in [1.165, 1.54) is 17.0 Å². The van der Waals surface area contributed by atoms with E-state index in [0.29, 0.717) is 34.5 Å². The van der Waals surface area contributed by atoms with Gasteiger partial charge in [-0.3, -0.25) is 9.78 Å². The number of anilines is 2. The van der Waals surface area contributed by atoms with Crippen molar-refractivity contribution in [3.05, 3.63) is 65.7 Å². The van der Waals surface area contributed by atoms with Gasteiger partial charge in [-0.15, -0.1) is 11.3 Å². The summed E-state index contributed by atoms with van der Waals surface area (Å²) >= 11 is 1.42. The zero-order valence-electron chi connectivity index (χ0n) is 16.7. The van der Waals surface area contributed by atoms with E-state index in [1.807, 2.05) is 34.5 Å². The highest BCUT2D eigenvalue weighted by Gasteiger charge is 2.45. The van der Waals surface area contributed by atoms with Crippen molar-refractivity contribution in [2.45, 2.75) is 18.5 Å². The molecule has 3 aromatic heterocycles. The second-order valence-corrected chi connectivity index (χ2v) is 8.84. The molecule has 1 aromatic carbocycles. The van der Waals surface area contributed by atoms with Crippen LogP contribution in [-0.2, 0) is 0 Å². The molecule has 2 N–H and O–H groups in total. The zero-order chi connectivity index (χ0) is 20.9. The Kier molecular flexibility index (Phi) is 4.14. The molecule has 31 heavy (non-hydrogen) atoms. The summed E-state index contributed by atoms with van der Waals surface area (Å²) in [5, 5.41) is 1.86. The number of carbonyl (C=O) groups is 1. The van der Waals surface area contributed by atoms with E-state index in [4.69, 9.17) is 5.73 Å². The van der Waals surface area contributed by atoms with Gasteiger partial charge in [-0.05, 0) is 30.7 Å². The van der Waals surface area contributed by atoms with E-state index in [-0.39, 0.29) is 11.9 Å². The molecule has 2 aliphatic rings. The molecule has 2 bridgehead atoms. The maximum Gasteiger partial charge on any atom is 0.257 e. The van der Waals surface area contributed by atoms with Crippen LogP contribution in [-0.4, -0.2) is 50.9 Å². The highest BCUT2D eigenvalue weighted by atomic mass is 32.1. The monoisotopic (exact) mass is 428 g/mol. The molecule has 154 valence electrons. The number of nitrogens with zero attached hydrogens (tertiary/aromatic N) is 5. The Morgan fingerprint density at radius 1 is 1.03 bits per heavy atom. The van der Waals surface area contributed by atoms with Crippen molar-refractivity contribution in [2.24, 2.45) is 0 Å². The van der Waals surface area contributed by atoms with E-state index < -0.39 is 0 Å². The Bertz CT molecular complexity index is 1280. The van der Waals surface area contributed by atoms with Gasteiger partial charge in [0.2, 0.25) is 0 Å². The number of para-hydroxylation sites is 1. The summed E-state index contributed by atoms with van der Waals surface area (Å²) in [4.78, 5) is 31.3. The first-order valence-corrected chi connectivity index (χ1v) is 11.2. The standard InChI is InChI=1S/C23H20N6OS/c24-21-20-19(26-22(27-21)18-8-4-5-9-25-18)17(13-31-20)23(30)29-12-15-10-16(29)11-28(15)14-6-2-1-3-7-14/h1-9,13,15-16H,10-12H2,(H2,24,26,27). The maximum absolute atomic E-state index is 13.5. The molecule has 1 amide bonds. The number of hydrogen-bond acceptors (Lipinski definition) is 7. The molecule has 2 fully saturated rings. The zero-order valence-corrected chi connectivity index (χ0v) is 17.5. The van der Waals surface area contributed by atoms with E-state index in [1.54, 1.807) is 6.20 Å². The Labute approximate surface area is 183 Å². The van der Waals surface area contributed by atoms with Gasteiger partial charge in [0.1, 0.15) is 17.0 Å². The van der Waals surface area contributed by atoms with Crippen LogP contribution in [0.15, 0.2) is 60.1 Å². The number of rotatable bonds is 3. The van der Waals surface area contributed by atoms with E-state index in [0.717, 1.165) is 24.2 Å². The Morgan fingerprint density at radius 2 is 1.87 bits per heavy atom. The fourth-order valence-electron chi connectivity index (χ4n) is 4.71. The lowest BCUT2D eigenvalue weighted by molar-refractivity contribution is 0.0728. The highest BCUT2D eigenvalue weighted by Crippen LogP contribution is 2.37. The third-order valence-corrected chi connectivity index (χ3v) is 7.15. The van der Waals surface area contributed by atoms with Gasteiger partial charge >= 0.3 is 0 Å². The number of hydrogen-bond donors (Lipinski definition) is 1. The molecule has 0 aliphatic carbocycles. The van der Waals surface area contributed by atoms with Gasteiger partial charge < -0.3 is 15.5 Å². The van der Waals surface area contributed by atoms with Crippen LogP contribution in [0.4, 0.5) is 11.5 Å². The molecule has 8 heteroatoms. The number of nitrogen functional groups attached to an aromatic ring is 1. The van der Waals surface area contributed by atoms with E-state index in [2.05, 4.69) is 44.1 Å². The fraction of sp³-hybridized carbons (Fsp3) is 0.217. The van der Waals surface area contributed by atoms with Gasteiger partial charge in [0.25, 0.3) is 5.91 Å². The van der Waals surface area contributed by atoms with Crippen LogP contribution < -0.4 is 10.6 Å². The van der Waals surface area contributed by atoms with Gasteiger partial charge in [-0.25, -0.2) is 9.97 Å². The van der Waals surface area contributed by atoms with Crippen LogP contribution >= 0.6 is 11.3 Å². The lowest BCUT2D eigenvalue weighted by atomic mass is 10.2. The number of aromatic nitrogens is 3. The molecule has 2 atom stereocenters. The van der Waals surface area contributed by atoms with Gasteiger partial charge in [-0.2, -0.15) is 0 Å². The Balaban J connectivity index is 1.31. The molecule has 5 heterocycles. The van der Waals surface area contributed by atoms with Gasteiger partial charge in [0.05, 0.1) is 16.3 Å². The van der Waals surface area contributed by atoms with Crippen molar-refractivity contribution in [1.82, 2.24) is 19.9 Å². The number of likely N-dealkylation sites (tertiary alicyclic amines) is 1. The first-order valence-electron chi connectivity index (χ1n) is 10.3. The van der Waals surface area contributed by atoms with Crippen molar-refractivity contribution in [3.8, 4) is 11.5 Å². The minimum absolute atomic E-state index is 0.0246. The number of benzene rings is 1. The predicted molar refractivity (Wildman–Crippen MR) is 122 cm³/mol. The molecular formula is C23H20N6OS. The first-order chi connectivity index (χ1) is 15.2. The average molecular weight is 429 g/mol. The summed E-state index contributed by atoms with van der Waals surface area (Å²) in [5.41, 5.74) is 9.29. The van der Waals surface area contributed by atoms with Crippen molar-refractivity contribution < 1.29 is 4.79 Å². The maximum atomic E-state index is 13.5. The summed E-state index contributed by atoms with van der Waals surface area (Å²) < 4.78 is 0.748. The van der Waals surface area contributed by atoms with Crippen LogP contribution in [0.25, 0.3) is 21.7 Å². The summed E-state index contributed by atoms with van der Waals surface area (Å²) in [6.45, 7) is 1.59. The van der Waals surface area contributed by atoms with Crippen LogP contribution in [0.5, 0.6) is 0 Å².